The van der Waals surface area contributed by atoms with Crippen LogP contribution < -0.4 is 10.6 Å². The molecule has 4 aromatic carbocycles. The summed E-state index contributed by atoms with van der Waals surface area (Å²) in [6.07, 6.45) is 5.60. The number of amides is 4. The number of alkyl carbamates (subject to hydrolysis) is 2. The fraction of sp³-hybridized carbons (Fsp3) is 0.423. The Balaban J connectivity index is 1.13. The van der Waals surface area contributed by atoms with E-state index in [1.807, 2.05) is 49.9 Å². The molecule has 346 valence electrons. The molecular weight excluding hydrogens is 833 g/mol. The number of ether oxygens (including phenoxy) is 2. The number of methoxy groups -OCH3 is 2. The maximum absolute atomic E-state index is 13.8. The quantitative estimate of drug-likeness (QED) is 0.0930. The normalized spacial score (nSPS) is 17.4. The van der Waals surface area contributed by atoms with E-state index in [1.54, 1.807) is 0 Å². The first kappa shape index (κ1) is 45.9. The zero-order valence-electron chi connectivity index (χ0n) is 39.5. The van der Waals surface area contributed by atoms with Crippen LogP contribution in [0.15, 0.2) is 79.1 Å². The molecule has 4 unspecified atom stereocenters. The predicted molar refractivity (Wildman–Crippen MR) is 256 cm³/mol. The number of carbonyl (C=O) groups is 4. The fourth-order valence-corrected chi connectivity index (χ4v) is 9.60. The Hall–Kier alpha value is -6.70. The van der Waals surface area contributed by atoms with Crippen molar-refractivity contribution in [1.82, 2.24) is 40.4 Å². The van der Waals surface area contributed by atoms with Crippen LogP contribution in [0.25, 0.3) is 55.2 Å². The number of nitrogens with zero attached hydrogens (tertiary/aromatic N) is 4. The summed E-state index contributed by atoms with van der Waals surface area (Å²) < 4.78 is 9.64. The van der Waals surface area contributed by atoms with Crippen molar-refractivity contribution >= 4 is 45.5 Å². The number of benzene rings is 4. The molecule has 6 aromatic rings. The van der Waals surface area contributed by atoms with Crippen molar-refractivity contribution in [3.05, 3.63) is 96.3 Å². The van der Waals surface area contributed by atoms with Gasteiger partial charge in [0.05, 0.1) is 50.1 Å². The number of carbonyl (C=O) groups excluding carboxylic acids is 4. The van der Waals surface area contributed by atoms with E-state index in [0.29, 0.717) is 24.7 Å². The second-order valence-electron chi connectivity index (χ2n) is 19.4. The van der Waals surface area contributed by atoms with Gasteiger partial charge >= 0.3 is 12.2 Å². The molecule has 4 atom stereocenters. The molecule has 2 aliphatic rings. The maximum Gasteiger partial charge on any atom is 0.407 e. The molecule has 0 aliphatic carbocycles. The van der Waals surface area contributed by atoms with E-state index in [9.17, 15) is 19.2 Å². The number of fused-ring (bicyclic) bond motifs is 2. The second-order valence-corrected chi connectivity index (χ2v) is 19.4. The molecule has 0 radical (unpaired) electrons. The minimum Gasteiger partial charge on any atom is -0.453 e. The van der Waals surface area contributed by atoms with Gasteiger partial charge in [-0.05, 0) is 99.4 Å². The van der Waals surface area contributed by atoms with E-state index >= 15 is 0 Å². The van der Waals surface area contributed by atoms with Gasteiger partial charge in [-0.2, -0.15) is 0 Å². The van der Waals surface area contributed by atoms with E-state index in [1.165, 1.54) is 19.8 Å². The molecule has 0 spiro atoms. The van der Waals surface area contributed by atoms with Gasteiger partial charge in [0.2, 0.25) is 11.8 Å². The van der Waals surface area contributed by atoms with Crippen molar-refractivity contribution in [3.63, 3.8) is 0 Å². The standard InChI is InChI=1S/C52H62N8O6/c1-29(2)44(57-50(63)65-8)48(61)59-22-10-12-41(59)46-53-27-39(55-46)33-18-21-37-35(25-33)24-32-14-15-34(26-38(32)43(37)31-16-19-36(20-17-31)52(5,6)7)40-28-54-47(56-40)42-13-11-23-60(42)49(62)45(30(3)4)58-51(64)66-9/h14-21,24-30,41-42,44-45H,10-13,22-23H2,1-9H3,(H,53,55)(H,54,56)(H,57,63)(H,58,64). The molecule has 2 aromatic heterocycles. The molecule has 4 N–H and O–H groups in total. The summed E-state index contributed by atoms with van der Waals surface area (Å²) in [6, 6.07) is 22.2. The van der Waals surface area contributed by atoms with E-state index < -0.39 is 24.3 Å². The van der Waals surface area contributed by atoms with Gasteiger partial charge in [-0.1, -0.05) is 97.0 Å². The SMILES string of the molecule is COC(=O)NC(C(=O)N1CCCC1c1ncc(-c2ccc3c(-c4ccc(C(C)(C)C)cc4)c4cc(-c5cnc(C6CCCN6C(=O)C(NC(=O)OC)C(C)C)[nH]5)ccc4cc3c2)[nH]1)C(C)C. The number of imidazole rings is 2. The van der Waals surface area contributed by atoms with Gasteiger partial charge in [-0.15, -0.1) is 0 Å². The summed E-state index contributed by atoms with van der Waals surface area (Å²) in [7, 11) is 2.59. The fourth-order valence-electron chi connectivity index (χ4n) is 9.60. The number of aromatic amines is 2. The lowest BCUT2D eigenvalue weighted by Gasteiger charge is -2.30. The highest BCUT2D eigenvalue weighted by Gasteiger charge is 2.39. The van der Waals surface area contributed by atoms with Crippen molar-refractivity contribution in [2.75, 3.05) is 27.3 Å². The Bertz CT molecular complexity index is 2770. The minimum absolute atomic E-state index is 0.00531. The van der Waals surface area contributed by atoms with E-state index in [0.717, 1.165) is 80.9 Å². The zero-order chi connectivity index (χ0) is 47.0. The first-order valence-corrected chi connectivity index (χ1v) is 23.1. The number of hydrogen-bond acceptors (Lipinski definition) is 8. The number of hydrogen-bond donors (Lipinski definition) is 4. The van der Waals surface area contributed by atoms with Crippen molar-refractivity contribution in [2.45, 2.75) is 104 Å². The average molecular weight is 895 g/mol. The van der Waals surface area contributed by atoms with Crippen LogP contribution in [0.3, 0.4) is 0 Å². The Morgan fingerprint density at radius 3 is 1.61 bits per heavy atom. The smallest absolute Gasteiger partial charge is 0.407 e. The number of aromatic nitrogens is 4. The highest BCUT2D eigenvalue weighted by atomic mass is 16.5. The largest absolute Gasteiger partial charge is 0.453 e. The van der Waals surface area contributed by atoms with Gasteiger partial charge < -0.3 is 39.9 Å². The second kappa shape index (κ2) is 18.7. The number of nitrogens with one attached hydrogen (secondary N) is 4. The van der Waals surface area contributed by atoms with Gasteiger partial charge in [-0.25, -0.2) is 19.6 Å². The van der Waals surface area contributed by atoms with E-state index in [4.69, 9.17) is 19.4 Å². The molecule has 66 heavy (non-hydrogen) atoms. The Kier molecular flexibility index (Phi) is 13.0. The van der Waals surface area contributed by atoms with Gasteiger partial charge in [0.25, 0.3) is 0 Å². The lowest BCUT2D eigenvalue weighted by atomic mass is 9.85. The van der Waals surface area contributed by atoms with Gasteiger partial charge in [0, 0.05) is 24.2 Å². The average Bonchev–Trinajstić information content (AvgIpc) is 4.15. The highest BCUT2D eigenvalue weighted by Crippen LogP contribution is 2.41. The molecule has 2 saturated heterocycles. The molecule has 14 nitrogen and oxygen atoms in total. The summed E-state index contributed by atoms with van der Waals surface area (Å²) in [5.41, 5.74) is 7.11. The Morgan fingerprint density at radius 2 is 1.12 bits per heavy atom. The summed E-state index contributed by atoms with van der Waals surface area (Å²) in [4.78, 5) is 72.3. The van der Waals surface area contributed by atoms with Crippen molar-refractivity contribution in [3.8, 4) is 33.6 Å². The van der Waals surface area contributed by atoms with Crippen LogP contribution >= 0.6 is 0 Å². The topological polar surface area (TPSA) is 175 Å². The first-order chi connectivity index (χ1) is 31.6. The number of rotatable bonds is 11. The maximum atomic E-state index is 13.8. The highest BCUT2D eigenvalue weighted by molar-refractivity contribution is 6.14. The van der Waals surface area contributed by atoms with Gasteiger partial charge in [-0.3, -0.25) is 9.59 Å². The Labute approximate surface area is 386 Å². The van der Waals surface area contributed by atoms with Crippen LogP contribution in [0.1, 0.15) is 103 Å². The van der Waals surface area contributed by atoms with Crippen molar-refractivity contribution in [1.29, 1.82) is 0 Å². The first-order valence-electron chi connectivity index (χ1n) is 23.1. The minimum atomic E-state index is -0.714. The number of H-pyrrole nitrogens is 2. The van der Waals surface area contributed by atoms with Gasteiger partial charge in [0.1, 0.15) is 23.7 Å². The Morgan fingerprint density at radius 1 is 0.636 bits per heavy atom. The summed E-state index contributed by atoms with van der Waals surface area (Å²) in [5, 5.41) is 9.80. The van der Waals surface area contributed by atoms with Crippen LogP contribution in [0.2, 0.25) is 0 Å². The molecule has 4 heterocycles. The van der Waals surface area contributed by atoms with Crippen LogP contribution in [-0.4, -0.2) is 93.1 Å². The van der Waals surface area contributed by atoms with E-state index in [2.05, 4.69) is 108 Å². The lowest BCUT2D eigenvalue weighted by Crippen LogP contribution is -2.51. The molecule has 0 saturated carbocycles. The monoisotopic (exact) mass is 894 g/mol. The summed E-state index contributed by atoms with van der Waals surface area (Å²) in [5.74, 6) is 0.879. The van der Waals surface area contributed by atoms with Crippen LogP contribution in [0, 0.1) is 11.8 Å². The van der Waals surface area contributed by atoms with Crippen molar-refractivity contribution in [2.24, 2.45) is 11.8 Å². The molecule has 4 amide bonds. The molecule has 2 fully saturated rings. The van der Waals surface area contributed by atoms with Crippen LogP contribution in [0.5, 0.6) is 0 Å². The zero-order valence-corrected chi connectivity index (χ0v) is 39.5. The predicted octanol–water partition coefficient (Wildman–Crippen LogP) is 9.83. The molecule has 2 aliphatic heterocycles. The van der Waals surface area contributed by atoms with Crippen LogP contribution in [-0.2, 0) is 24.5 Å². The van der Waals surface area contributed by atoms with Crippen LogP contribution in [0.4, 0.5) is 9.59 Å². The third kappa shape index (κ3) is 9.10. The molecule has 0 bridgehead atoms. The molecular formula is C52H62N8O6. The van der Waals surface area contributed by atoms with E-state index in [-0.39, 0.29) is 41.1 Å². The third-order valence-corrected chi connectivity index (χ3v) is 13.3. The van der Waals surface area contributed by atoms with Crippen molar-refractivity contribution < 1.29 is 28.7 Å². The summed E-state index contributed by atoms with van der Waals surface area (Å²) in [6.45, 7) is 15.5. The molecule has 14 heteroatoms. The lowest BCUT2D eigenvalue weighted by molar-refractivity contribution is -0.136. The molecule has 8 rings (SSSR count). The van der Waals surface area contributed by atoms with Gasteiger partial charge in [0.15, 0.2) is 0 Å². The third-order valence-electron chi connectivity index (χ3n) is 13.3. The number of likely N-dealkylation sites (tertiary alicyclic amines) is 2. The summed E-state index contributed by atoms with van der Waals surface area (Å²) >= 11 is 0.